The predicted molar refractivity (Wildman–Crippen MR) is 678 cm³/mol. The van der Waals surface area contributed by atoms with Crippen LogP contribution < -0.4 is 0 Å². The lowest BCUT2D eigenvalue weighted by molar-refractivity contribution is 0.568. The minimum absolute atomic E-state index is 0.0472. The van der Waals surface area contributed by atoms with E-state index in [1.807, 2.05) is 350 Å². The van der Waals surface area contributed by atoms with Crippen molar-refractivity contribution in [2.75, 3.05) is 0 Å². The van der Waals surface area contributed by atoms with Gasteiger partial charge in [0.15, 0.2) is 0 Å². The van der Waals surface area contributed by atoms with Crippen LogP contribution in [0.15, 0.2) is 460 Å². The Morgan fingerprint density at radius 3 is 0.893 bits per heavy atom. The molecule has 2 aliphatic carbocycles. The van der Waals surface area contributed by atoms with Gasteiger partial charge in [-0.1, -0.05) is 589 Å². The molecule has 0 radical (unpaired) electrons. The largest absolute Gasteiger partial charge is 0.423 e. The molecule has 0 atom stereocenters. The first-order valence-electron chi connectivity index (χ1n) is 55.5. The van der Waals surface area contributed by atoms with Crippen LogP contribution in [0.3, 0.4) is 0 Å². The van der Waals surface area contributed by atoms with Crippen molar-refractivity contribution in [1.29, 1.82) is 0 Å². The van der Waals surface area contributed by atoms with Gasteiger partial charge in [0.2, 0.25) is 12.3 Å². The summed E-state index contributed by atoms with van der Waals surface area (Å²) in [5, 5.41) is 17.1. The van der Waals surface area contributed by atoms with Crippen LogP contribution in [0.4, 0.5) is 0 Å². The fraction of sp³-hybridized carbons (Fsp3) is 0.279. The van der Waals surface area contributed by atoms with Gasteiger partial charge in [-0.15, -0.1) is 32.9 Å². The lowest BCUT2D eigenvalue weighted by Gasteiger charge is -2.28. The lowest BCUT2D eigenvalue weighted by Crippen LogP contribution is -2.22. The zero-order valence-electron chi connectivity index (χ0n) is 98.2. The third-order valence-electron chi connectivity index (χ3n) is 20.5. The molecule has 794 valence electrons. The van der Waals surface area contributed by atoms with Crippen LogP contribution in [-0.2, 0) is 10.8 Å². The molecular weight excluding hydrogens is 1850 g/mol. The second-order valence-electron chi connectivity index (χ2n) is 27.9. The summed E-state index contributed by atoms with van der Waals surface area (Å²) in [6.07, 6.45) is 8.43. The minimum Gasteiger partial charge on any atom is -0.423 e. The molecule has 2 aliphatic rings. The average Bonchev–Trinajstić information content (AvgIpc) is 1.56. The number of rotatable bonds is 4. The van der Waals surface area contributed by atoms with Crippen molar-refractivity contribution < 1.29 is 4.42 Å². The predicted octanol–water partition coefficient (Wildman–Crippen LogP) is 46.0. The molecule has 23 rings (SSSR count). The molecule has 0 amide bonds. The third kappa shape index (κ3) is 43.0. The van der Waals surface area contributed by atoms with Crippen LogP contribution in [0, 0.1) is 0 Å². The molecule has 9 heteroatoms. The molecule has 7 nitrogen and oxygen atoms in total. The maximum Gasteiger partial charge on any atom is 0.247 e. The summed E-state index contributed by atoms with van der Waals surface area (Å²) in [7, 11) is 0. The van der Waals surface area contributed by atoms with E-state index in [9.17, 15) is 0 Å². The molecule has 0 fully saturated rings. The molecule has 0 saturated carbocycles. The van der Waals surface area contributed by atoms with Crippen molar-refractivity contribution in [1.82, 2.24) is 29.7 Å². The summed E-state index contributed by atoms with van der Waals surface area (Å²) in [5.74, 6) is 0.561. The van der Waals surface area contributed by atoms with E-state index in [1.54, 1.807) is 36.1 Å². The van der Waals surface area contributed by atoms with Crippen LogP contribution in [-0.4, -0.2) is 29.7 Å². The van der Waals surface area contributed by atoms with E-state index in [4.69, 9.17) is 4.42 Å². The average molecular weight is 2030 g/mol. The molecule has 0 spiro atoms. The molecule has 21 aromatic rings. The van der Waals surface area contributed by atoms with Gasteiger partial charge in [-0.2, -0.15) is 0 Å². The normalized spacial score (nSPS) is 9.75. The van der Waals surface area contributed by atoms with Crippen LogP contribution in [0.25, 0.3) is 114 Å². The van der Waals surface area contributed by atoms with Crippen molar-refractivity contribution in [3.05, 3.63) is 483 Å². The minimum atomic E-state index is -0.0472. The van der Waals surface area contributed by atoms with Gasteiger partial charge < -0.3 is 8.98 Å². The Labute approximate surface area is 913 Å². The number of para-hydroxylation sites is 3. The van der Waals surface area contributed by atoms with Crippen LogP contribution in [0.5, 0.6) is 0 Å². The third-order valence-corrected chi connectivity index (χ3v) is 22.6. The maximum absolute atomic E-state index is 5.00. The van der Waals surface area contributed by atoms with E-state index in [0.29, 0.717) is 5.89 Å². The van der Waals surface area contributed by atoms with Crippen molar-refractivity contribution in [2.24, 2.45) is 0 Å². The first-order chi connectivity index (χ1) is 73.8. The highest BCUT2D eigenvalue weighted by Gasteiger charge is 2.40. The van der Waals surface area contributed by atoms with E-state index >= 15 is 0 Å². The Hall–Kier alpha value is -14.1. The number of hydrogen-bond donors (Lipinski definition) is 0. The molecular formula is C140H186N6OS2. The highest BCUT2D eigenvalue weighted by molar-refractivity contribution is 7.25. The zero-order valence-corrected chi connectivity index (χ0v) is 99.8. The van der Waals surface area contributed by atoms with Gasteiger partial charge >= 0.3 is 0 Å². The van der Waals surface area contributed by atoms with Crippen LogP contribution >= 0.6 is 22.7 Å². The first-order valence-corrected chi connectivity index (χ1v) is 57.2. The van der Waals surface area contributed by atoms with Crippen molar-refractivity contribution in [3.63, 3.8) is 0 Å². The molecule has 0 bridgehead atoms. The van der Waals surface area contributed by atoms with Gasteiger partial charge in [0, 0.05) is 93.5 Å². The lowest BCUT2D eigenvalue weighted by atomic mass is 9.74. The Morgan fingerprint density at radius 2 is 0.550 bits per heavy atom. The standard InChI is InChI=1S/C20H16.C18H13N.C15H14.C12H8N2.C12H8S.C10H8S.C8H6N2O.C6H6.C5H5N.17C2H6/c1-20(15-9-3-2-4-10-15)18-13-7-5-11-16(18)17-12-6-8-14-19(17)20;1-2-8-14(9-3-1)19-17-12-6-4-10-15(17)16-11-5-7-13-18(16)19;1-15(2)13-9-5-3-7-11(13)12-8-4-6-10-14(12)15;1-3-9-5-6-10-4-2-8-14-12(10)11(9)13-7-1;1-3-7-11-9(5-1)10-6-2-4-8-12(10)13-11;1-2-5-9(6-3-1)10-7-4-8-11-10;1-2-4-7(5-3-1)8-10-9-6-11-8;2*1-2-4-6-5-3-1;17*1-2/h2-14H,1H3;1-13H;3-10H,1-2H3;1-8H;1-8H;1-8H;1-6H;1-6H;1-5H;17*1-2H3. The number of pyridine rings is 3. The quantitative estimate of drug-likeness (QED) is 0.163. The second kappa shape index (κ2) is 90.2. The highest BCUT2D eigenvalue weighted by Crippen LogP contribution is 2.52. The number of nitrogens with zero attached hydrogens (tertiary/aromatic N) is 6. The number of hydrogen-bond acceptors (Lipinski definition) is 8. The monoisotopic (exact) mass is 2030 g/mol. The molecule has 7 aromatic heterocycles. The van der Waals surface area contributed by atoms with Gasteiger partial charge in [-0.3, -0.25) is 15.0 Å². The molecule has 149 heavy (non-hydrogen) atoms. The molecule has 0 aliphatic heterocycles. The van der Waals surface area contributed by atoms with E-state index < -0.39 is 0 Å². The summed E-state index contributed by atoms with van der Waals surface area (Å²) in [6, 6.07) is 145. The van der Waals surface area contributed by atoms with Crippen molar-refractivity contribution in [3.8, 4) is 49.8 Å². The number of thiophene rings is 2. The SMILES string of the molecule is CC.CC.CC.CC.CC.CC.CC.CC.CC.CC.CC.CC.CC.CC.CC.CC.CC.CC1(C)c2ccccc2-c2ccccc21.CC1(c2ccccc2)c2ccccc2-c2ccccc21.c1ccc(-c2cccs2)cc1.c1ccc(-c2nnco2)cc1.c1ccc(-n2c3ccccc3c3ccccc32)cc1.c1ccc2c(c1)sc1ccccc12.c1ccccc1.c1ccncc1.c1cnc2c(c1)ccc1cccnc12. The Balaban J connectivity index is -0.00000157. The fourth-order valence-electron chi connectivity index (χ4n) is 15.0. The highest BCUT2D eigenvalue weighted by atomic mass is 32.1. The number of fused-ring (bicyclic) bond motifs is 15. The Kier molecular flexibility index (Phi) is 84.2. The maximum atomic E-state index is 5.00. The van der Waals surface area contributed by atoms with Gasteiger partial charge in [-0.25, -0.2) is 0 Å². The summed E-state index contributed by atoms with van der Waals surface area (Å²) in [4.78, 5) is 13.8. The summed E-state index contributed by atoms with van der Waals surface area (Å²) >= 11 is 3.64. The van der Waals surface area contributed by atoms with Gasteiger partial charge in [-0.05, 0) is 147 Å². The molecule has 7 heterocycles. The van der Waals surface area contributed by atoms with Crippen molar-refractivity contribution in [2.45, 2.75) is 267 Å². The number of benzene rings is 14. The van der Waals surface area contributed by atoms with Crippen LogP contribution in [0.2, 0.25) is 0 Å². The molecule has 0 N–H and O–H groups in total. The van der Waals surface area contributed by atoms with E-state index in [2.05, 4.69) is 371 Å². The Bertz CT molecular complexity index is 6170. The first kappa shape index (κ1) is 139. The Morgan fingerprint density at radius 1 is 0.248 bits per heavy atom. The summed E-state index contributed by atoms with van der Waals surface area (Å²) < 4.78 is 10.1. The van der Waals surface area contributed by atoms with Gasteiger partial charge in [0.05, 0.1) is 22.1 Å². The zero-order chi connectivity index (χ0) is 112. The fourth-order valence-corrected chi connectivity index (χ4v) is 16.8. The van der Waals surface area contributed by atoms with E-state index in [1.165, 1.54) is 115 Å². The van der Waals surface area contributed by atoms with E-state index in [-0.39, 0.29) is 10.8 Å². The topological polar surface area (TPSA) is 82.5 Å². The molecule has 0 saturated heterocycles. The van der Waals surface area contributed by atoms with Gasteiger partial charge in [0.25, 0.3) is 0 Å². The van der Waals surface area contributed by atoms with Crippen molar-refractivity contribution >= 4 is 86.5 Å². The smallest absolute Gasteiger partial charge is 0.247 e. The molecule has 0 unspecified atom stereocenters. The summed E-state index contributed by atoms with van der Waals surface area (Å²) in [5.41, 5.74) is 20.7. The van der Waals surface area contributed by atoms with E-state index in [0.717, 1.165) is 27.4 Å². The number of aromatic nitrogens is 6. The summed E-state index contributed by atoms with van der Waals surface area (Å²) in [6.45, 7) is 74.9. The second-order valence-corrected chi connectivity index (χ2v) is 30.0. The molecule has 14 aromatic carbocycles. The van der Waals surface area contributed by atoms with Crippen LogP contribution in [0.1, 0.15) is 284 Å². The van der Waals surface area contributed by atoms with Gasteiger partial charge in [0.1, 0.15) is 0 Å².